The van der Waals surface area contributed by atoms with Gasteiger partial charge in [-0.3, -0.25) is 4.79 Å². The summed E-state index contributed by atoms with van der Waals surface area (Å²) in [6.45, 7) is -2.71. The van der Waals surface area contributed by atoms with Gasteiger partial charge in [0.1, 0.15) is 5.75 Å². The summed E-state index contributed by atoms with van der Waals surface area (Å²) in [5, 5.41) is 2.74. The van der Waals surface area contributed by atoms with Crippen LogP contribution in [0.4, 0.5) is 14.7 Å². The van der Waals surface area contributed by atoms with Gasteiger partial charge in [-0.2, -0.15) is 8.78 Å². The highest BCUT2D eigenvalue weighted by Gasteiger charge is 2.08. The molecule has 0 atom stereocenters. The number of ether oxygens (including phenoxy) is 1. The molecule has 3 rings (SSSR count). The summed E-state index contributed by atoms with van der Waals surface area (Å²) in [7, 11) is 0. The molecule has 0 aliphatic carbocycles. The average molecular weight is 370 g/mol. The van der Waals surface area contributed by atoms with Crippen LogP contribution in [0, 0.1) is 0 Å². The Bertz CT molecular complexity index is 933. The van der Waals surface area contributed by atoms with Crippen molar-refractivity contribution in [1.29, 1.82) is 0 Å². The molecule has 0 saturated carbocycles. The molecule has 2 aromatic carbocycles. The number of nitrogens with zero attached hydrogens (tertiary/aromatic N) is 2. The Labute approximate surface area is 154 Å². The van der Waals surface area contributed by atoms with E-state index in [1.165, 1.54) is 12.1 Å². The molecule has 0 bridgehead atoms. The Morgan fingerprint density at radius 2 is 1.93 bits per heavy atom. The zero-order valence-electron chi connectivity index (χ0n) is 14.1. The lowest BCUT2D eigenvalue weighted by atomic mass is 10.1. The first-order chi connectivity index (χ1) is 13.0. The Hall–Kier alpha value is -3.55. The second-order valence-electron chi connectivity index (χ2n) is 5.59. The molecule has 27 heavy (non-hydrogen) atoms. The van der Waals surface area contributed by atoms with E-state index in [-0.39, 0.29) is 24.1 Å². The zero-order valence-corrected chi connectivity index (χ0v) is 14.1. The summed E-state index contributed by atoms with van der Waals surface area (Å²) >= 11 is 0. The molecule has 0 fully saturated rings. The molecule has 0 radical (unpaired) electrons. The van der Waals surface area contributed by atoms with Crippen LogP contribution in [-0.4, -0.2) is 22.5 Å². The number of aromatic nitrogens is 2. The number of anilines is 1. The summed E-state index contributed by atoms with van der Waals surface area (Å²) in [5.41, 5.74) is 8.14. The molecule has 1 aromatic heterocycles. The number of hydrogen-bond acceptors (Lipinski definition) is 5. The van der Waals surface area contributed by atoms with Gasteiger partial charge in [0.2, 0.25) is 5.95 Å². The van der Waals surface area contributed by atoms with Gasteiger partial charge in [-0.05, 0) is 35.9 Å². The third kappa shape index (κ3) is 4.97. The summed E-state index contributed by atoms with van der Waals surface area (Å²) < 4.78 is 28.9. The molecule has 6 nitrogen and oxygen atoms in total. The Kier molecular flexibility index (Phi) is 5.55. The van der Waals surface area contributed by atoms with Gasteiger partial charge < -0.3 is 15.8 Å². The summed E-state index contributed by atoms with van der Waals surface area (Å²) in [6, 6.07) is 14.7. The summed E-state index contributed by atoms with van der Waals surface area (Å²) in [5.74, 6) is -0.0680. The van der Waals surface area contributed by atoms with Gasteiger partial charge in [0, 0.05) is 23.9 Å². The predicted octanol–water partition coefficient (Wildman–Crippen LogP) is 3.26. The molecular formula is C19H16F2N4O2. The van der Waals surface area contributed by atoms with Gasteiger partial charge in [-0.25, -0.2) is 9.97 Å². The van der Waals surface area contributed by atoms with Gasteiger partial charge >= 0.3 is 6.61 Å². The number of amides is 1. The Morgan fingerprint density at radius 3 is 2.63 bits per heavy atom. The van der Waals surface area contributed by atoms with E-state index in [2.05, 4.69) is 20.0 Å². The van der Waals surface area contributed by atoms with Crippen LogP contribution in [-0.2, 0) is 6.54 Å². The monoisotopic (exact) mass is 370 g/mol. The molecule has 1 heterocycles. The number of carbonyl (C=O) groups is 1. The number of carbonyl (C=O) groups excluding carboxylic acids is 1. The number of nitrogens with two attached hydrogens (primary N) is 1. The maximum absolute atomic E-state index is 12.3. The second kappa shape index (κ2) is 8.22. The van der Waals surface area contributed by atoms with Crippen molar-refractivity contribution in [2.75, 3.05) is 5.73 Å². The van der Waals surface area contributed by atoms with Crippen LogP contribution in [0.3, 0.4) is 0 Å². The smallest absolute Gasteiger partial charge is 0.387 e. The first kappa shape index (κ1) is 18.2. The van der Waals surface area contributed by atoms with Crippen molar-refractivity contribution >= 4 is 11.9 Å². The van der Waals surface area contributed by atoms with Crippen LogP contribution < -0.4 is 15.8 Å². The minimum Gasteiger partial charge on any atom is -0.435 e. The van der Waals surface area contributed by atoms with Crippen LogP contribution in [0.1, 0.15) is 15.9 Å². The first-order valence-electron chi connectivity index (χ1n) is 8.02. The Balaban J connectivity index is 1.63. The minimum absolute atomic E-state index is 0.0465. The van der Waals surface area contributed by atoms with E-state index in [1.807, 2.05) is 0 Å². The zero-order chi connectivity index (χ0) is 19.2. The van der Waals surface area contributed by atoms with Crippen molar-refractivity contribution in [3.63, 3.8) is 0 Å². The fourth-order valence-corrected chi connectivity index (χ4v) is 2.44. The van der Waals surface area contributed by atoms with Gasteiger partial charge in [-0.15, -0.1) is 0 Å². The summed E-state index contributed by atoms with van der Waals surface area (Å²) in [4.78, 5) is 20.2. The third-order valence-corrected chi connectivity index (χ3v) is 3.69. The number of rotatable bonds is 6. The van der Waals surface area contributed by atoms with Crippen molar-refractivity contribution in [1.82, 2.24) is 15.3 Å². The van der Waals surface area contributed by atoms with Gasteiger partial charge in [0.25, 0.3) is 5.91 Å². The molecule has 8 heteroatoms. The van der Waals surface area contributed by atoms with Crippen LogP contribution in [0.25, 0.3) is 11.3 Å². The molecule has 0 spiro atoms. The number of hydrogen-bond donors (Lipinski definition) is 2. The van der Waals surface area contributed by atoms with E-state index < -0.39 is 6.61 Å². The molecule has 0 saturated heterocycles. The normalized spacial score (nSPS) is 10.6. The van der Waals surface area contributed by atoms with Crippen LogP contribution in [0.2, 0.25) is 0 Å². The van der Waals surface area contributed by atoms with E-state index in [4.69, 9.17) is 5.73 Å². The van der Waals surface area contributed by atoms with E-state index in [0.717, 1.165) is 5.56 Å². The van der Waals surface area contributed by atoms with Crippen molar-refractivity contribution in [3.05, 3.63) is 71.9 Å². The maximum atomic E-state index is 12.3. The molecule has 138 valence electrons. The topological polar surface area (TPSA) is 90.1 Å². The third-order valence-electron chi connectivity index (χ3n) is 3.69. The number of nitrogens with one attached hydrogen (secondary N) is 1. The number of alkyl halides is 2. The number of halogens is 2. The lowest BCUT2D eigenvalue weighted by molar-refractivity contribution is -0.0498. The minimum atomic E-state index is -2.89. The van der Waals surface area contributed by atoms with E-state index in [9.17, 15) is 13.6 Å². The number of benzene rings is 2. The molecule has 3 aromatic rings. The maximum Gasteiger partial charge on any atom is 0.387 e. The fourth-order valence-electron chi connectivity index (χ4n) is 2.44. The molecule has 0 unspecified atom stereocenters. The number of nitrogen functional groups attached to an aromatic ring is 1. The van der Waals surface area contributed by atoms with Crippen molar-refractivity contribution < 1.29 is 18.3 Å². The highest BCUT2D eigenvalue weighted by molar-refractivity contribution is 5.94. The second-order valence-corrected chi connectivity index (χ2v) is 5.59. The predicted molar refractivity (Wildman–Crippen MR) is 96.1 cm³/mol. The highest BCUT2D eigenvalue weighted by Crippen LogP contribution is 2.18. The quantitative estimate of drug-likeness (QED) is 0.695. The summed E-state index contributed by atoms with van der Waals surface area (Å²) in [6.07, 6.45) is 1.56. The average Bonchev–Trinajstić information content (AvgIpc) is 2.66. The lowest BCUT2D eigenvalue weighted by Crippen LogP contribution is -2.22. The van der Waals surface area contributed by atoms with Gasteiger partial charge in [0.15, 0.2) is 0 Å². The van der Waals surface area contributed by atoms with Crippen molar-refractivity contribution in [3.8, 4) is 17.0 Å². The largest absolute Gasteiger partial charge is 0.435 e. The van der Waals surface area contributed by atoms with Crippen LogP contribution in [0.15, 0.2) is 60.8 Å². The lowest BCUT2D eigenvalue weighted by Gasteiger charge is -2.09. The molecule has 0 aliphatic rings. The standard InChI is InChI=1S/C19H16F2N4O2/c20-18(21)27-15-3-1-2-12(10-15)11-24-17(26)14-6-4-13(5-7-14)16-8-9-23-19(22)25-16/h1-10,18H,11H2,(H,24,26)(H2,22,23,25). The van der Waals surface area contributed by atoms with E-state index in [0.29, 0.717) is 16.8 Å². The molecular weight excluding hydrogens is 354 g/mol. The van der Waals surface area contributed by atoms with Crippen LogP contribution >= 0.6 is 0 Å². The van der Waals surface area contributed by atoms with Crippen LogP contribution in [0.5, 0.6) is 5.75 Å². The molecule has 3 N–H and O–H groups in total. The van der Waals surface area contributed by atoms with Crippen molar-refractivity contribution in [2.45, 2.75) is 13.2 Å². The van der Waals surface area contributed by atoms with Crippen molar-refractivity contribution in [2.24, 2.45) is 0 Å². The SMILES string of the molecule is Nc1nccc(-c2ccc(C(=O)NCc3cccc(OC(F)F)c3)cc2)n1. The molecule has 0 aliphatic heterocycles. The van der Waals surface area contributed by atoms with Gasteiger partial charge in [-0.1, -0.05) is 24.3 Å². The Morgan fingerprint density at radius 1 is 1.15 bits per heavy atom. The van der Waals surface area contributed by atoms with E-state index in [1.54, 1.807) is 48.7 Å². The molecule has 1 amide bonds. The fraction of sp³-hybridized carbons (Fsp3) is 0.105. The van der Waals surface area contributed by atoms with Gasteiger partial charge in [0.05, 0.1) is 5.69 Å². The first-order valence-corrected chi connectivity index (χ1v) is 8.02. The highest BCUT2D eigenvalue weighted by atomic mass is 19.3. The van der Waals surface area contributed by atoms with E-state index >= 15 is 0 Å².